The predicted molar refractivity (Wildman–Crippen MR) is 91.7 cm³/mol. The molecule has 4 heterocycles. The van der Waals surface area contributed by atoms with Crippen LogP contribution in [0.3, 0.4) is 0 Å². The largest absolute Gasteiger partial charge is 0.342 e. The van der Waals surface area contributed by atoms with E-state index in [1.54, 1.807) is 12.4 Å². The summed E-state index contributed by atoms with van der Waals surface area (Å²) in [7, 11) is 0. The lowest BCUT2D eigenvalue weighted by molar-refractivity contribution is -0.131. The number of nitrogens with zero attached hydrogens (tertiary/aromatic N) is 4. The van der Waals surface area contributed by atoms with E-state index in [0.717, 1.165) is 37.1 Å². The molecule has 1 fully saturated rings. The molecular formula is C19H20N4O. The van der Waals surface area contributed by atoms with Crippen LogP contribution < -0.4 is 0 Å². The molecule has 1 aliphatic heterocycles. The molecule has 3 aromatic rings. The molecule has 0 aliphatic carbocycles. The fourth-order valence-electron chi connectivity index (χ4n) is 3.52. The number of amides is 1. The Kier molecular flexibility index (Phi) is 3.99. The Morgan fingerprint density at radius 1 is 1.12 bits per heavy atom. The molecule has 1 aliphatic rings. The maximum atomic E-state index is 12.5. The topological polar surface area (TPSA) is 50.5 Å². The lowest BCUT2D eigenvalue weighted by atomic mass is 9.92. The van der Waals surface area contributed by atoms with Gasteiger partial charge in [-0.25, -0.2) is 4.98 Å². The Morgan fingerprint density at radius 3 is 2.79 bits per heavy atom. The molecule has 0 atom stereocenters. The summed E-state index contributed by atoms with van der Waals surface area (Å²) in [5, 5.41) is 0. The molecule has 4 rings (SSSR count). The SMILES string of the molecule is O=C(Cc1cccnc1)N1CCC(c2cccc3nccn23)CC1. The van der Waals surface area contributed by atoms with E-state index in [4.69, 9.17) is 0 Å². The minimum Gasteiger partial charge on any atom is -0.342 e. The average Bonchev–Trinajstić information content (AvgIpc) is 3.11. The zero-order valence-electron chi connectivity index (χ0n) is 13.5. The number of carbonyl (C=O) groups excluding carboxylic acids is 1. The third kappa shape index (κ3) is 2.89. The number of piperidine rings is 1. The van der Waals surface area contributed by atoms with Gasteiger partial charge in [0.05, 0.1) is 6.42 Å². The van der Waals surface area contributed by atoms with Crippen molar-refractivity contribution in [1.29, 1.82) is 0 Å². The van der Waals surface area contributed by atoms with Crippen molar-refractivity contribution in [3.05, 3.63) is 66.4 Å². The minimum absolute atomic E-state index is 0.197. The van der Waals surface area contributed by atoms with Crippen molar-refractivity contribution in [2.45, 2.75) is 25.2 Å². The molecule has 122 valence electrons. The first kappa shape index (κ1) is 14.9. The minimum atomic E-state index is 0.197. The number of fused-ring (bicyclic) bond motifs is 1. The molecule has 5 heteroatoms. The van der Waals surface area contributed by atoms with Crippen molar-refractivity contribution in [2.75, 3.05) is 13.1 Å². The maximum absolute atomic E-state index is 12.5. The predicted octanol–water partition coefficient (Wildman–Crippen LogP) is 2.68. The molecule has 24 heavy (non-hydrogen) atoms. The summed E-state index contributed by atoms with van der Waals surface area (Å²) < 4.78 is 2.16. The molecule has 0 unspecified atom stereocenters. The quantitative estimate of drug-likeness (QED) is 0.745. The van der Waals surface area contributed by atoms with Gasteiger partial charge in [0.2, 0.25) is 5.91 Å². The standard InChI is InChI=1S/C19H20N4O/c24-19(13-15-3-2-8-20-14-15)22-10-6-16(7-11-22)17-4-1-5-18-21-9-12-23(17)18/h1-5,8-9,12,14,16H,6-7,10-11,13H2. The lowest BCUT2D eigenvalue weighted by Crippen LogP contribution is -2.39. The Morgan fingerprint density at radius 2 is 2.00 bits per heavy atom. The van der Waals surface area contributed by atoms with Gasteiger partial charge in [0.1, 0.15) is 5.65 Å². The molecule has 0 bridgehead atoms. The highest BCUT2D eigenvalue weighted by Crippen LogP contribution is 2.28. The van der Waals surface area contributed by atoms with Crippen LogP contribution in [0, 0.1) is 0 Å². The summed E-state index contributed by atoms with van der Waals surface area (Å²) in [5.41, 5.74) is 3.26. The highest BCUT2D eigenvalue weighted by atomic mass is 16.2. The van der Waals surface area contributed by atoms with E-state index in [2.05, 4.69) is 26.5 Å². The molecule has 0 spiro atoms. The van der Waals surface area contributed by atoms with Gasteiger partial charge >= 0.3 is 0 Å². The van der Waals surface area contributed by atoms with Crippen molar-refractivity contribution in [3.8, 4) is 0 Å². The number of likely N-dealkylation sites (tertiary alicyclic amines) is 1. The monoisotopic (exact) mass is 320 g/mol. The van der Waals surface area contributed by atoms with Crippen molar-refractivity contribution in [1.82, 2.24) is 19.3 Å². The van der Waals surface area contributed by atoms with Gasteiger partial charge in [0.25, 0.3) is 0 Å². The van der Waals surface area contributed by atoms with Gasteiger partial charge in [-0.2, -0.15) is 0 Å². The van der Waals surface area contributed by atoms with Gasteiger partial charge in [-0.1, -0.05) is 12.1 Å². The zero-order valence-corrected chi connectivity index (χ0v) is 13.5. The molecular weight excluding hydrogens is 300 g/mol. The molecule has 0 N–H and O–H groups in total. The van der Waals surface area contributed by atoms with E-state index in [9.17, 15) is 4.79 Å². The van der Waals surface area contributed by atoms with E-state index in [0.29, 0.717) is 12.3 Å². The normalized spacial score (nSPS) is 15.8. The van der Waals surface area contributed by atoms with Gasteiger partial charge in [-0.15, -0.1) is 0 Å². The molecule has 0 radical (unpaired) electrons. The van der Waals surface area contributed by atoms with Crippen LogP contribution in [0.15, 0.2) is 55.1 Å². The third-order valence-corrected chi connectivity index (χ3v) is 4.80. The van der Waals surface area contributed by atoms with E-state index >= 15 is 0 Å². The first-order valence-electron chi connectivity index (χ1n) is 8.40. The van der Waals surface area contributed by atoms with Crippen molar-refractivity contribution >= 4 is 11.6 Å². The van der Waals surface area contributed by atoms with Crippen LogP contribution in [-0.2, 0) is 11.2 Å². The molecule has 1 saturated heterocycles. The second-order valence-electron chi connectivity index (χ2n) is 6.30. The van der Waals surface area contributed by atoms with Gasteiger partial charge in [-0.05, 0) is 36.6 Å². The number of pyridine rings is 2. The summed E-state index contributed by atoms with van der Waals surface area (Å²) in [5.74, 6) is 0.674. The second kappa shape index (κ2) is 6.43. The van der Waals surface area contributed by atoms with Crippen molar-refractivity contribution in [3.63, 3.8) is 0 Å². The molecule has 0 saturated carbocycles. The summed E-state index contributed by atoms with van der Waals surface area (Å²) in [6.45, 7) is 1.63. The summed E-state index contributed by atoms with van der Waals surface area (Å²) in [4.78, 5) is 22.9. The first-order chi connectivity index (χ1) is 11.8. The van der Waals surface area contributed by atoms with Crippen LogP contribution in [0.1, 0.15) is 30.0 Å². The van der Waals surface area contributed by atoms with Crippen LogP contribution in [-0.4, -0.2) is 38.3 Å². The third-order valence-electron chi connectivity index (χ3n) is 4.80. The number of rotatable bonds is 3. The van der Waals surface area contributed by atoms with E-state index in [1.807, 2.05) is 35.5 Å². The Labute approximate surface area is 141 Å². The number of carbonyl (C=O) groups is 1. The van der Waals surface area contributed by atoms with Gasteiger partial charge in [-0.3, -0.25) is 9.78 Å². The van der Waals surface area contributed by atoms with Crippen molar-refractivity contribution in [2.24, 2.45) is 0 Å². The van der Waals surface area contributed by atoms with E-state index < -0.39 is 0 Å². The number of imidazole rings is 1. The van der Waals surface area contributed by atoms with Crippen LogP contribution in [0.4, 0.5) is 0 Å². The summed E-state index contributed by atoms with van der Waals surface area (Å²) in [6, 6.07) is 10.1. The Bertz CT molecular complexity index is 835. The maximum Gasteiger partial charge on any atom is 0.227 e. The summed E-state index contributed by atoms with van der Waals surface area (Å²) in [6.07, 6.45) is 9.79. The molecule has 1 amide bonds. The molecule has 3 aromatic heterocycles. The second-order valence-corrected chi connectivity index (χ2v) is 6.30. The number of aromatic nitrogens is 3. The fraction of sp³-hybridized carbons (Fsp3) is 0.316. The van der Waals surface area contributed by atoms with Gasteiger partial charge in [0, 0.05) is 49.5 Å². The Hall–Kier alpha value is -2.69. The first-order valence-corrected chi connectivity index (χ1v) is 8.40. The smallest absolute Gasteiger partial charge is 0.227 e. The number of hydrogen-bond donors (Lipinski definition) is 0. The highest BCUT2D eigenvalue weighted by molar-refractivity contribution is 5.78. The van der Waals surface area contributed by atoms with Gasteiger partial charge in [0.15, 0.2) is 0 Å². The molecule has 0 aromatic carbocycles. The zero-order chi connectivity index (χ0) is 16.4. The van der Waals surface area contributed by atoms with Crippen LogP contribution in [0.2, 0.25) is 0 Å². The van der Waals surface area contributed by atoms with Crippen LogP contribution in [0.25, 0.3) is 5.65 Å². The number of hydrogen-bond acceptors (Lipinski definition) is 3. The summed E-state index contributed by atoms with van der Waals surface area (Å²) >= 11 is 0. The van der Waals surface area contributed by atoms with Crippen molar-refractivity contribution < 1.29 is 4.79 Å². The average molecular weight is 320 g/mol. The van der Waals surface area contributed by atoms with Gasteiger partial charge < -0.3 is 9.30 Å². The highest BCUT2D eigenvalue weighted by Gasteiger charge is 2.25. The van der Waals surface area contributed by atoms with Crippen LogP contribution in [0.5, 0.6) is 0 Å². The van der Waals surface area contributed by atoms with Crippen LogP contribution >= 0.6 is 0 Å². The molecule has 5 nitrogen and oxygen atoms in total. The lowest BCUT2D eigenvalue weighted by Gasteiger charge is -2.32. The van der Waals surface area contributed by atoms with E-state index in [-0.39, 0.29) is 5.91 Å². The fourth-order valence-corrected chi connectivity index (χ4v) is 3.52. The van der Waals surface area contributed by atoms with E-state index in [1.165, 1.54) is 5.69 Å². The Balaban J connectivity index is 1.41.